The molecular weight excluding hydrogens is 332 g/mol. The van der Waals surface area contributed by atoms with Crippen molar-refractivity contribution in [3.05, 3.63) is 35.9 Å². The topological polar surface area (TPSA) is 76.7 Å². The number of ether oxygens (including phenoxy) is 2. The number of allylic oxidation sites excluding steroid dienone is 2. The molecule has 0 saturated carbocycles. The van der Waals surface area contributed by atoms with E-state index >= 15 is 0 Å². The number of rotatable bonds is 7. The molecule has 2 N–H and O–H groups in total. The minimum Gasteiger partial charge on any atom is -0.493 e. The molecule has 1 aromatic carbocycles. The molecule has 6 heteroatoms. The number of hydrogen-bond donors (Lipinski definition) is 2. The lowest BCUT2D eigenvalue weighted by Gasteiger charge is -2.17. The van der Waals surface area contributed by atoms with Crippen LogP contribution in [-0.4, -0.2) is 25.5 Å². The van der Waals surface area contributed by atoms with Gasteiger partial charge in [0, 0.05) is 11.5 Å². The average Bonchev–Trinajstić information content (AvgIpc) is 2.66. The van der Waals surface area contributed by atoms with Crippen molar-refractivity contribution < 1.29 is 19.1 Å². The minimum absolute atomic E-state index is 0.0911. The Hall–Kier alpha value is -2.50. The maximum Gasteiger partial charge on any atom is 0.269 e. The predicted molar refractivity (Wildman–Crippen MR) is 100 cm³/mol. The predicted octanol–water partition coefficient (Wildman–Crippen LogP) is 3.24. The summed E-state index contributed by atoms with van der Waals surface area (Å²) in [5.74, 6) is 0.994. The van der Waals surface area contributed by atoms with Gasteiger partial charge in [-0.25, -0.2) is 0 Å². The summed E-state index contributed by atoms with van der Waals surface area (Å²) >= 11 is 0. The summed E-state index contributed by atoms with van der Waals surface area (Å²) < 4.78 is 11.0. The summed E-state index contributed by atoms with van der Waals surface area (Å²) in [4.78, 5) is 24.4. The van der Waals surface area contributed by atoms with Gasteiger partial charge in [-0.05, 0) is 49.8 Å². The van der Waals surface area contributed by atoms with Crippen LogP contribution >= 0.6 is 0 Å². The molecule has 142 valence electrons. The lowest BCUT2D eigenvalue weighted by Crippen LogP contribution is -2.44. The van der Waals surface area contributed by atoms with Crippen molar-refractivity contribution >= 4 is 11.8 Å². The fourth-order valence-electron chi connectivity index (χ4n) is 2.66. The lowest BCUT2D eigenvalue weighted by atomic mass is 9.94. The van der Waals surface area contributed by atoms with E-state index in [2.05, 4.69) is 30.8 Å². The van der Waals surface area contributed by atoms with Crippen molar-refractivity contribution in [2.45, 2.75) is 39.5 Å². The van der Waals surface area contributed by atoms with E-state index in [-0.39, 0.29) is 11.8 Å². The number of methoxy groups -OCH3 is 1. The van der Waals surface area contributed by atoms with Crippen LogP contribution in [0.2, 0.25) is 0 Å². The number of amides is 2. The van der Waals surface area contributed by atoms with Crippen LogP contribution in [-0.2, 0) is 4.79 Å². The zero-order valence-electron chi connectivity index (χ0n) is 15.7. The van der Waals surface area contributed by atoms with E-state index < -0.39 is 5.91 Å². The molecule has 1 aromatic rings. The van der Waals surface area contributed by atoms with E-state index in [9.17, 15) is 9.59 Å². The Balaban J connectivity index is 1.91. The summed E-state index contributed by atoms with van der Waals surface area (Å²) in [6, 6.07) is 4.97. The number of nitrogens with one attached hydrogen (secondary N) is 2. The first-order valence-corrected chi connectivity index (χ1v) is 9.07. The summed E-state index contributed by atoms with van der Waals surface area (Å²) in [6.07, 6.45) is 7.40. The van der Waals surface area contributed by atoms with Crippen LogP contribution in [0, 0.1) is 11.8 Å². The summed E-state index contributed by atoms with van der Waals surface area (Å²) in [6.45, 7) is 4.85. The third kappa shape index (κ3) is 5.79. The van der Waals surface area contributed by atoms with Gasteiger partial charge in [-0.1, -0.05) is 26.0 Å². The van der Waals surface area contributed by atoms with Gasteiger partial charge >= 0.3 is 0 Å². The summed E-state index contributed by atoms with van der Waals surface area (Å²) in [7, 11) is 1.53. The molecule has 0 radical (unpaired) electrons. The fraction of sp³-hybridized carbons (Fsp3) is 0.500. The lowest BCUT2D eigenvalue weighted by molar-refractivity contribution is -0.126. The van der Waals surface area contributed by atoms with Gasteiger partial charge in [-0.3, -0.25) is 20.4 Å². The van der Waals surface area contributed by atoms with Gasteiger partial charge in [0.05, 0.1) is 13.7 Å². The van der Waals surface area contributed by atoms with Crippen LogP contribution in [0.4, 0.5) is 0 Å². The monoisotopic (exact) mass is 360 g/mol. The van der Waals surface area contributed by atoms with Crippen LogP contribution in [0.5, 0.6) is 11.5 Å². The standard InChI is InChI=1S/C20H28N2O4/c1-14(2)11-12-26-17-10-9-16(13-18(17)25-3)20(24)22-21-19(23)15-7-5-4-6-8-15/h4-5,9-10,13-15H,6-8,11-12H2,1-3H3,(H,21,23)(H,22,24). The Morgan fingerprint density at radius 2 is 2.00 bits per heavy atom. The highest BCUT2D eigenvalue weighted by atomic mass is 16.5. The average molecular weight is 360 g/mol. The van der Waals surface area contributed by atoms with Crippen molar-refractivity contribution in [2.24, 2.45) is 11.8 Å². The number of carbonyl (C=O) groups is 2. The molecule has 1 atom stereocenters. The van der Waals surface area contributed by atoms with Crippen molar-refractivity contribution in [2.75, 3.05) is 13.7 Å². The van der Waals surface area contributed by atoms with Gasteiger partial charge in [-0.2, -0.15) is 0 Å². The van der Waals surface area contributed by atoms with E-state index in [0.717, 1.165) is 19.3 Å². The Labute approximate surface area is 154 Å². The molecule has 1 unspecified atom stereocenters. The molecule has 0 aliphatic heterocycles. The number of carbonyl (C=O) groups excluding carboxylic acids is 2. The Morgan fingerprint density at radius 3 is 2.65 bits per heavy atom. The summed E-state index contributed by atoms with van der Waals surface area (Å²) in [5.41, 5.74) is 5.36. The number of hydrazine groups is 1. The Morgan fingerprint density at radius 1 is 1.19 bits per heavy atom. The normalized spacial score (nSPS) is 16.2. The molecule has 0 saturated heterocycles. The molecule has 0 heterocycles. The zero-order valence-corrected chi connectivity index (χ0v) is 15.7. The minimum atomic E-state index is -0.392. The molecule has 1 aliphatic rings. The second-order valence-corrected chi connectivity index (χ2v) is 6.82. The molecular formula is C20H28N2O4. The summed E-state index contributed by atoms with van der Waals surface area (Å²) in [5, 5.41) is 0. The van der Waals surface area contributed by atoms with E-state index in [1.807, 2.05) is 6.08 Å². The molecule has 0 fully saturated rings. The largest absolute Gasteiger partial charge is 0.493 e. The maximum absolute atomic E-state index is 12.3. The first-order valence-electron chi connectivity index (χ1n) is 9.07. The van der Waals surface area contributed by atoms with Gasteiger partial charge < -0.3 is 9.47 Å². The van der Waals surface area contributed by atoms with E-state index in [1.54, 1.807) is 18.2 Å². The maximum atomic E-state index is 12.3. The second kappa shape index (κ2) is 9.85. The quantitative estimate of drug-likeness (QED) is 0.578. The van der Waals surface area contributed by atoms with E-state index in [4.69, 9.17) is 9.47 Å². The smallest absolute Gasteiger partial charge is 0.269 e. The molecule has 0 spiro atoms. The highest BCUT2D eigenvalue weighted by molar-refractivity contribution is 5.96. The van der Waals surface area contributed by atoms with E-state index in [0.29, 0.717) is 36.0 Å². The highest BCUT2D eigenvalue weighted by Gasteiger charge is 2.19. The van der Waals surface area contributed by atoms with Crippen molar-refractivity contribution in [3.63, 3.8) is 0 Å². The molecule has 2 amide bonds. The Bertz CT molecular complexity index is 655. The van der Waals surface area contributed by atoms with Gasteiger partial charge in [0.25, 0.3) is 5.91 Å². The first-order chi connectivity index (χ1) is 12.5. The van der Waals surface area contributed by atoms with Crippen molar-refractivity contribution in [1.29, 1.82) is 0 Å². The zero-order chi connectivity index (χ0) is 18.9. The van der Waals surface area contributed by atoms with Gasteiger partial charge in [0.2, 0.25) is 5.91 Å². The van der Waals surface area contributed by atoms with Gasteiger partial charge in [0.1, 0.15) is 0 Å². The Kier molecular flexibility index (Phi) is 7.51. The highest BCUT2D eigenvalue weighted by Crippen LogP contribution is 2.28. The number of hydrogen-bond acceptors (Lipinski definition) is 4. The number of benzene rings is 1. The van der Waals surface area contributed by atoms with Crippen molar-refractivity contribution in [3.8, 4) is 11.5 Å². The van der Waals surface area contributed by atoms with Crippen LogP contribution in [0.15, 0.2) is 30.4 Å². The van der Waals surface area contributed by atoms with Gasteiger partial charge in [-0.15, -0.1) is 0 Å². The van der Waals surface area contributed by atoms with Crippen LogP contribution in [0.25, 0.3) is 0 Å². The van der Waals surface area contributed by atoms with Crippen molar-refractivity contribution in [1.82, 2.24) is 10.9 Å². The third-order valence-corrected chi connectivity index (χ3v) is 4.32. The SMILES string of the molecule is COc1cc(C(=O)NNC(=O)C2CC=CCC2)ccc1OCCC(C)C. The molecule has 1 aliphatic carbocycles. The van der Waals surface area contributed by atoms with E-state index in [1.165, 1.54) is 7.11 Å². The molecule has 2 rings (SSSR count). The van der Waals surface area contributed by atoms with Crippen LogP contribution < -0.4 is 20.3 Å². The van der Waals surface area contributed by atoms with Crippen LogP contribution in [0.1, 0.15) is 49.9 Å². The fourth-order valence-corrected chi connectivity index (χ4v) is 2.66. The molecule has 6 nitrogen and oxygen atoms in total. The van der Waals surface area contributed by atoms with Gasteiger partial charge in [0.15, 0.2) is 11.5 Å². The molecule has 26 heavy (non-hydrogen) atoms. The second-order valence-electron chi connectivity index (χ2n) is 6.82. The molecule has 0 bridgehead atoms. The molecule has 0 aromatic heterocycles. The first kappa shape index (κ1) is 19.8. The third-order valence-electron chi connectivity index (χ3n) is 4.32. The van der Waals surface area contributed by atoms with Crippen LogP contribution in [0.3, 0.4) is 0 Å².